The summed E-state index contributed by atoms with van der Waals surface area (Å²) in [5.74, 6) is 2.61. The molecule has 0 saturated heterocycles. The van der Waals surface area contributed by atoms with Crippen LogP contribution in [0.25, 0.3) is 222 Å². The van der Waals surface area contributed by atoms with E-state index < -0.39 is 0 Å². The molecule has 0 unspecified atom stereocenters. The lowest BCUT2D eigenvalue weighted by Gasteiger charge is -2.17. The number of nitrogens with zero attached hydrogens (tertiary/aromatic N) is 7. The largest absolute Gasteiger partial charge is 0.247 e. The fraction of sp³-hybridized carbons (Fsp3) is 0. The van der Waals surface area contributed by atoms with Crippen molar-refractivity contribution in [3.63, 3.8) is 0 Å². The first-order valence-corrected chi connectivity index (χ1v) is 39.2. The molecular formula is C109H69N7. The van der Waals surface area contributed by atoms with Crippen LogP contribution >= 0.6 is 0 Å². The minimum absolute atomic E-state index is 0.631. The highest BCUT2D eigenvalue weighted by molar-refractivity contribution is 6.20. The SMILES string of the molecule is c1ccc(-c2cc(-c3ccccc3)nc(-c3ccc(-c4cc5c(-c6cccc7ccccc67)cc(-c6cccc7ccccc67)nc5c5ccccc45)cc3)n2)cc1.c1ccc(-c2nc(-c3ccccc3)nc(-c3ccc(-c4cc5c(-c6cccc7ccccc67)cc(-c6cccc7ccccc67)nc5c5ccccc45)cc3)n2)cc1. The molecule has 7 heteroatoms. The molecule has 540 valence electrons. The Hall–Kier alpha value is -15.6. The van der Waals surface area contributed by atoms with Crippen LogP contribution < -0.4 is 0 Å². The zero-order valence-electron chi connectivity index (χ0n) is 63.0. The van der Waals surface area contributed by atoms with Gasteiger partial charge in [-0.05, 0) is 129 Å². The second-order valence-corrected chi connectivity index (χ2v) is 29.3. The number of hydrogen-bond acceptors (Lipinski definition) is 7. The molecule has 7 nitrogen and oxygen atoms in total. The van der Waals surface area contributed by atoms with Crippen LogP contribution in [0.1, 0.15) is 0 Å². The Labute approximate surface area is 670 Å². The Bertz CT molecular complexity index is 6960. The summed E-state index contributed by atoms with van der Waals surface area (Å²) in [6.45, 7) is 0. The highest BCUT2D eigenvalue weighted by Crippen LogP contribution is 2.47. The molecule has 0 bridgehead atoms. The van der Waals surface area contributed by atoms with E-state index in [-0.39, 0.29) is 0 Å². The fourth-order valence-corrected chi connectivity index (χ4v) is 16.7. The first kappa shape index (κ1) is 68.5. The lowest BCUT2D eigenvalue weighted by Crippen LogP contribution is -2.00. The Morgan fingerprint density at radius 2 is 0.379 bits per heavy atom. The Balaban J connectivity index is 0.000000145. The standard InChI is InChI=1S/C55H35N3.C54H34N4/c1-3-17-39(18-4-1)51-35-52(40-19-5-2-6-20-40)58-55(57-51)41-31-29-38(30-32-41)48-33-50-49(44-27-13-21-36-15-7-9-23-42(36)44)34-53(56-54(50)47-26-12-11-25-45(47)48)46-28-14-22-37-16-8-10-24-43(37)46;1-3-17-38(18-4-1)52-56-53(39-19-5-2-6-20-39)58-54(57-52)40-31-29-37(30-32-40)47-33-49-48(43-27-13-21-35-15-7-9-23-41(35)43)34-50(55-51(49)46-26-12-11-25-44(46)47)45-28-14-22-36-16-8-10-24-42(36)45/h1-35H;1-34H. The summed E-state index contributed by atoms with van der Waals surface area (Å²) in [5.41, 5.74) is 23.0. The average Bonchev–Trinajstić information content (AvgIpc) is 0.735. The third-order valence-electron chi connectivity index (χ3n) is 22.4. The molecule has 0 atom stereocenters. The molecule has 0 amide bonds. The van der Waals surface area contributed by atoms with Gasteiger partial charge in [0.25, 0.3) is 0 Å². The summed E-state index contributed by atoms with van der Waals surface area (Å²) in [6, 6.07) is 148. The molecule has 0 N–H and O–H groups in total. The quantitative estimate of drug-likeness (QED) is 0.113. The van der Waals surface area contributed by atoms with E-state index in [2.05, 4.69) is 322 Å². The van der Waals surface area contributed by atoms with E-state index >= 15 is 0 Å². The van der Waals surface area contributed by atoms with Crippen LogP contribution in [0.3, 0.4) is 0 Å². The van der Waals surface area contributed by atoms with Gasteiger partial charge in [-0.2, -0.15) is 0 Å². The van der Waals surface area contributed by atoms with E-state index in [4.69, 9.17) is 34.9 Å². The molecule has 0 aliphatic heterocycles. The molecule has 22 rings (SSSR count). The van der Waals surface area contributed by atoms with Crippen molar-refractivity contribution in [1.29, 1.82) is 0 Å². The van der Waals surface area contributed by atoms with Gasteiger partial charge >= 0.3 is 0 Å². The van der Waals surface area contributed by atoms with Crippen LogP contribution in [-0.4, -0.2) is 34.9 Å². The fourth-order valence-electron chi connectivity index (χ4n) is 16.7. The van der Waals surface area contributed by atoms with Crippen molar-refractivity contribution in [2.24, 2.45) is 0 Å². The number of pyridine rings is 2. The molecule has 0 fully saturated rings. The van der Waals surface area contributed by atoms with Crippen LogP contribution in [0.2, 0.25) is 0 Å². The summed E-state index contributed by atoms with van der Waals surface area (Å²) >= 11 is 0. The van der Waals surface area contributed by atoms with E-state index in [1.807, 2.05) is 97.1 Å². The monoisotopic (exact) mass is 1480 g/mol. The second-order valence-electron chi connectivity index (χ2n) is 29.3. The molecule has 0 radical (unpaired) electrons. The van der Waals surface area contributed by atoms with Crippen molar-refractivity contribution < 1.29 is 0 Å². The number of benzene rings is 18. The van der Waals surface area contributed by atoms with Gasteiger partial charge in [0, 0.05) is 66.1 Å². The van der Waals surface area contributed by atoms with Crippen molar-refractivity contribution in [2.45, 2.75) is 0 Å². The van der Waals surface area contributed by atoms with Gasteiger partial charge in [-0.3, -0.25) is 0 Å². The first-order valence-electron chi connectivity index (χ1n) is 39.2. The van der Waals surface area contributed by atoms with E-state index in [1.165, 1.54) is 54.2 Å². The smallest absolute Gasteiger partial charge is 0.164 e. The van der Waals surface area contributed by atoms with E-state index in [0.29, 0.717) is 23.3 Å². The Morgan fingerprint density at radius 3 is 0.733 bits per heavy atom. The van der Waals surface area contributed by atoms with Gasteiger partial charge in [0.1, 0.15) is 0 Å². The summed E-state index contributed by atoms with van der Waals surface area (Å²) in [4.78, 5) is 36.1. The molecule has 4 aromatic heterocycles. The number of aromatic nitrogens is 7. The third kappa shape index (κ3) is 12.8. The topological polar surface area (TPSA) is 90.2 Å². The molecule has 0 saturated carbocycles. The van der Waals surface area contributed by atoms with Crippen LogP contribution in [0, 0.1) is 0 Å². The number of rotatable bonds is 12. The van der Waals surface area contributed by atoms with Gasteiger partial charge in [-0.15, -0.1) is 0 Å². The lowest BCUT2D eigenvalue weighted by molar-refractivity contribution is 1.07. The van der Waals surface area contributed by atoms with Gasteiger partial charge in [-0.1, -0.05) is 388 Å². The summed E-state index contributed by atoms with van der Waals surface area (Å²) in [6.07, 6.45) is 0. The maximum Gasteiger partial charge on any atom is 0.164 e. The van der Waals surface area contributed by atoms with Gasteiger partial charge in [0.05, 0.1) is 33.8 Å². The predicted octanol–water partition coefficient (Wildman–Crippen LogP) is 28.4. The Morgan fingerprint density at radius 1 is 0.121 bits per heavy atom. The second kappa shape index (κ2) is 29.6. The highest BCUT2D eigenvalue weighted by Gasteiger charge is 2.23. The van der Waals surface area contributed by atoms with E-state index in [9.17, 15) is 0 Å². The van der Waals surface area contributed by atoms with Gasteiger partial charge < -0.3 is 0 Å². The summed E-state index contributed by atoms with van der Waals surface area (Å²) in [5, 5.41) is 16.4. The van der Waals surface area contributed by atoms with Crippen LogP contribution in [-0.2, 0) is 0 Å². The minimum atomic E-state index is 0.631. The van der Waals surface area contributed by atoms with Crippen molar-refractivity contribution in [2.75, 3.05) is 0 Å². The van der Waals surface area contributed by atoms with Crippen LogP contribution in [0.5, 0.6) is 0 Å². The maximum atomic E-state index is 5.53. The first-order chi connectivity index (χ1) is 57.5. The molecule has 116 heavy (non-hydrogen) atoms. The van der Waals surface area contributed by atoms with Crippen molar-refractivity contribution in [3.05, 3.63) is 419 Å². The molecule has 4 heterocycles. The van der Waals surface area contributed by atoms with Crippen LogP contribution in [0.15, 0.2) is 419 Å². The number of hydrogen-bond donors (Lipinski definition) is 0. The highest BCUT2D eigenvalue weighted by atomic mass is 15.0. The molecule has 18 aromatic carbocycles. The van der Waals surface area contributed by atoms with Crippen LogP contribution in [0.4, 0.5) is 0 Å². The average molecular weight is 1480 g/mol. The van der Waals surface area contributed by atoms with Crippen molar-refractivity contribution in [1.82, 2.24) is 34.9 Å². The predicted molar refractivity (Wildman–Crippen MR) is 483 cm³/mol. The molecule has 0 aliphatic rings. The van der Waals surface area contributed by atoms with E-state index in [0.717, 1.165) is 144 Å². The molecular weight excluding hydrogens is 1410 g/mol. The Kier molecular flexibility index (Phi) is 17.5. The third-order valence-corrected chi connectivity index (χ3v) is 22.4. The molecule has 22 aromatic rings. The van der Waals surface area contributed by atoms with Gasteiger partial charge in [0.15, 0.2) is 23.3 Å². The lowest BCUT2D eigenvalue weighted by atomic mass is 9.89. The molecule has 0 aliphatic carbocycles. The van der Waals surface area contributed by atoms with E-state index in [1.54, 1.807) is 0 Å². The normalized spacial score (nSPS) is 11.4. The maximum absolute atomic E-state index is 5.53. The number of fused-ring (bicyclic) bond motifs is 10. The van der Waals surface area contributed by atoms with Crippen molar-refractivity contribution in [3.8, 4) is 135 Å². The van der Waals surface area contributed by atoms with Gasteiger partial charge in [0.2, 0.25) is 0 Å². The van der Waals surface area contributed by atoms with Crippen molar-refractivity contribution >= 4 is 86.4 Å². The zero-order chi connectivity index (χ0) is 76.8. The minimum Gasteiger partial charge on any atom is -0.247 e. The summed E-state index contributed by atoms with van der Waals surface area (Å²) < 4.78 is 0. The zero-order valence-corrected chi connectivity index (χ0v) is 63.0. The molecule has 0 spiro atoms. The van der Waals surface area contributed by atoms with Gasteiger partial charge in [-0.25, -0.2) is 34.9 Å². The summed E-state index contributed by atoms with van der Waals surface area (Å²) in [7, 11) is 0.